The molecule has 0 bridgehead atoms. The zero-order chi connectivity index (χ0) is 13.8. The number of amides is 1. The predicted molar refractivity (Wildman–Crippen MR) is 74.2 cm³/mol. The minimum absolute atomic E-state index is 0.155. The molecule has 2 heterocycles. The minimum Gasteiger partial charge on any atom is -0.372 e. The van der Waals surface area contributed by atoms with Gasteiger partial charge in [-0.3, -0.25) is 9.78 Å². The molecule has 0 radical (unpaired) electrons. The van der Waals surface area contributed by atoms with E-state index in [0.717, 1.165) is 10.6 Å². The number of carbonyl (C=O) groups is 1. The Labute approximate surface area is 115 Å². The Kier molecular flexibility index (Phi) is 4.06. The van der Waals surface area contributed by atoms with Crippen molar-refractivity contribution >= 4 is 23.1 Å². The van der Waals surface area contributed by atoms with Crippen molar-refractivity contribution in [2.75, 3.05) is 19.4 Å². The van der Waals surface area contributed by atoms with Gasteiger partial charge in [-0.15, -0.1) is 11.3 Å². The maximum atomic E-state index is 12.2. The highest BCUT2D eigenvalue weighted by Gasteiger charge is 2.16. The minimum atomic E-state index is -0.155. The zero-order valence-corrected chi connectivity index (χ0v) is 11.9. The van der Waals surface area contributed by atoms with Gasteiger partial charge in [0.05, 0.1) is 30.1 Å². The van der Waals surface area contributed by atoms with E-state index in [1.54, 1.807) is 42.0 Å². The van der Waals surface area contributed by atoms with Gasteiger partial charge in [0.1, 0.15) is 11.5 Å². The Bertz CT molecular complexity index is 583. The number of carbonyl (C=O) groups excluding carboxylic acids is 1. The van der Waals surface area contributed by atoms with E-state index in [-0.39, 0.29) is 5.91 Å². The van der Waals surface area contributed by atoms with Crippen LogP contribution in [-0.2, 0) is 6.54 Å². The van der Waals surface area contributed by atoms with Crippen molar-refractivity contribution in [2.45, 2.75) is 13.5 Å². The number of rotatable bonds is 4. The Morgan fingerprint density at radius 3 is 2.89 bits per heavy atom. The van der Waals surface area contributed by atoms with Crippen molar-refractivity contribution in [2.24, 2.45) is 0 Å². The lowest BCUT2D eigenvalue weighted by Crippen LogP contribution is -2.27. The van der Waals surface area contributed by atoms with Crippen LogP contribution in [0.4, 0.5) is 5.82 Å². The van der Waals surface area contributed by atoms with E-state index in [4.69, 9.17) is 0 Å². The summed E-state index contributed by atoms with van der Waals surface area (Å²) >= 11 is 1.54. The molecule has 0 unspecified atom stereocenters. The number of hydrogen-bond donors (Lipinski definition) is 1. The molecule has 100 valence electrons. The average Bonchev–Trinajstić information content (AvgIpc) is 2.83. The van der Waals surface area contributed by atoms with Gasteiger partial charge in [0.2, 0.25) is 0 Å². The van der Waals surface area contributed by atoms with Crippen LogP contribution < -0.4 is 5.32 Å². The number of nitrogens with one attached hydrogen (secondary N) is 1. The lowest BCUT2D eigenvalue weighted by Gasteiger charge is -2.16. The second-order valence-corrected chi connectivity index (χ2v) is 5.00. The number of thiazole rings is 1. The molecule has 0 atom stereocenters. The first-order valence-corrected chi connectivity index (χ1v) is 6.64. The van der Waals surface area contributed by atoms with Crippen LogP contribution in [0.5, 0.6) is 0 Å². The van der Waals surface area contributed by atoms with Crippen LogP contribution in [0, 0.1) is 6.92 Å². The zero-order valence-electron chi connectivity index (χ0n) is 11.0. The number of nitrogens with zero attached hydrogens (tertiary/aromatic N) is 4. The fraction of sp³-hybridized carbons (Fsp3) is 0.333. The van der Waals surface area contributed by atoms with Gasteiger partial charge in [-0.2, -0.15) is 0 Å². The molecule has 1 amide bonds. The van der Waals surface area contributed by atoms with Gasteiger partial charge in [-0.1, -0.05) is 0 Å². The molecule has 0 aliphatic heterocycles. The Hall–Kier alpha value is -2.02. The largest absolute Gasteiger partial charge is 0.372 e. The fourth-order valence-corrected chi connectivity index (χ4v) is 2.38. The molecule has 0 aromatic carbocycles. The number of hydrogen-bond acceptors (Lipinski definition) is 6. The summed E-state index contributed by atoms with van der Waals surface area (Å²) in [6.45, 7) is 2.46. The quantitative estimate of drug-likeness (QED) is 0.918. The molecule has 0 saturated carbocycles. The summed E-state index contributed by atoms with van der Waals surface area (Å²) in [5.74, 6) is 0.422. The first kappa shape index (κ1) is 13.4. The van der Waals surface area contributed by atoms with Gasteiger partial charge in [0, 0.05) is 19.0 Å². The van der Waals surface area contributed by atoms with Crippen molar-refractivity contribution in [1.29, 1.82) is 0 Å². The van der Waals surface area contributed by atoms with Crippen molar-refractivity contribution in [3.63, 3.8) is 0 Å². The lowest BCUT2D eigenvalue weighted by atomic mass is 10.3. The summed E-state index contributed by atoms with van der Waals surface area (Å²) in [6.07, 6.45) is 3.04. The fourth-order valence-electron chi connectivity index (χ4n) is 1.55. The van der Waals surface area contributed by atoms with Gasteiger partial charge >= 0.3 is 0 Å². The third-order valence-corrected chi connectivity index (χ3v) is 3.60. The third kappa shape index (κ3) is 3.05. The summed E-state index contributed by atoms with van der Waals surface area (Å²) in [5.41, 5.74) is 3.07. The Morgan fingerprint density at radius 2 is 2.26 bits per heavy atom. The molecule has 6 nitrogen and oxygen atoms in total. The van der Waals surface area contributed by atoms with E-state index < -0.39 is 0 Å². The first-order valence-electron chi connectivity index (χ1n) is 5.76. The predicted octanol–water partition coefficient (Wildman–Crippen LogP) is 1.56. The third-order valence-electron chi connectivity index (χ3n) is 2.68. The molecule has 2 rings (SSSR count). The van der Waals surface area contributed by atoms with Crippen LogP contribution in [0.3, 0.4) is 0 Å². The maximum Gasteiger partial charge on any atom is 0.274 e. The molecule has 0 aliphatic rings. The smallest absolute Gasteiger partial charge is 0.274 e. The molecule has 0 spiro atoms. The van der Waals surface area contributed by atoms with Crippen molar-refractivity contribution in [3.8, 4) is 0 Å². The first-order chi connectivity index (χ1) is 9.11. The van der Waals surface area contributed by atoms with Crippen LogP contribution >= 0.6 is 11.3 Å². The highest BCUT2D eigenvalue weighted by Crippen LogP contribution is 2.15. The van der Waals surface area contributed by atoms with Crippen molar-refractivity contribution in [3.05, 3.63) is 34.2 Å². The molecule has 2 aromatic rings. The number of anilines is 1. The second kappa shape index (κ2) is 5.75. The molecule has 1 N–H and O–H groups in total. The van der Waals surface area contributed by atoms with Crippen LogP contribution in [0.25, 0.3) is 0 Å². The van der Waals surface area contributed by atoms with Gasteiger partial charge in [0.25, 0.3) is 5.91 Å². The summed E-state index contributed by atoms with van der Waals surface area (Å²) in [6, 6.07) is 0. The average molecular weight is 277 g/mol. The van der Waals surface area contributed by atoms with Crippen LogP contribution in [0.15, 0.2) is 17.9 Å². The molecular formula is C12H15N5OS. The normalized spacial score (nSPS) is 10.3. The topological polar surface area (TPSA) is 71.0 Å². The van der Waals surface area contributed by atoms with Crippen LogP contribution in [-0.4, -0.2) is 39.9 Å². The molecule has 19 heavy (non-hydrogen) atoms. The highest BCUT2D eigenvalue weighted by atomic mass is 32.1. The number of aryl methyl sites for hydroxylation is 1. The second-order valence-electron chi connectivity index (χ2n) is 4.06. The molecular weight excluding hydrogens is 262 g/mol. The van der Waals surface area contributed by atoms with E-state index in [9.17, 15) is 4.79 Å². The molecule has 7 heteroatoms. The van der Waals surface area contributed by atoms with Gasteiger partial charge in [0.15, 0.2) is 0 Å². The summed E-state index contributed by atoms with van der Waals surface area (Å²) < 4.78 is 0. The summed E-state index contributed by atoms with van der Waals surface area (Å²) in [4.78, 5) is 27.3. The molecule has 2 aromatic heterocycles. The van der Waals surface area contributed by atoms with Gasteiger partial charge in [-0.25, -0.2) is 9.97 Å². The van der Waals surface area contributed by atoms with E-state index in [1.807, 2.05) is 6.92 Å². The SMILES string of the molecule is CNc1cncc(C(=O)N(C)Cc2scnc2C)n1. The maximum absolute atomic E-state index is 12.2. The van der Waals surface area contributed by atoms with Crippen LogP contribution in [0.2, 0.25) is 0 Å². The Balaban J connectivity index is 2.12. The standard InChI is InChI=1S/C12H15N5OS/c1-8-10(19-7-15-8)6-17(3)12(18)9-4-14-5-11(13-2)16-9/h4-5,7H,6H2,1-3H3,(H,13,16). The molecule has 0 fully saturated rings. The number of aromatic nitrogens is 3. The van der Waals surface area contributed by atoms with Gasteiger partial charge in [-0.05, 0) is 6.92 Å². The molecule has 0 aliphatic carbocycles. The Morgan fingerprint density at radius 1 is 1.47 bits per heavy atom. The monoisotopic (exact) mass is 277 g/mol. The van der Waals surface area contributed by atoms with Gasteiger partial charge < -0.3 is 10.2 Å². The molecule has 0 saturated heterocycles. The highest BCUT2D eigenvalue weighted by molar-refractivity contribution is 7.09. The van der Waals surface area contributed by atoms with E-state index in [0.29, 0.717) is 18.1 Å². The lowest BCUT2D eigenvalue weighted by molar-refractivity contribution is 0.0780. The van der Waals surface area contributed by atoms with E-state index >= 15 is 0 Å². The van der Waals surface area contributed by atoms with E-state index in [1.165, 1.54) is 6.20 Å². The van der Waals surface area contributed by atoms with Crippen molar-refractivity contribution < 1.29 is 4.79 Å². The summed E-state index contributed by atoms with van der Waals surface area (Å²) in [5, 5.41) is 2.86. The van der Waals surface area contributed by atoms with Crippen LogP contribution in [0.1, 0.15) is 21.1 Å². The van der Waals surface area contributed by atoms with E-state index in [2.05, 4.69) is 20.3 Å². The summed E-state index contributed by atoms with van der Waals surface area (Å²) in [7, 11) is 3.48. The van der Waals surface area contributed by atoms with Crippen molar-refractivity contribution in [1.82, 2.24) is 19.9 Å².